The second kappa shape index (κ2) is 9.07. The number of carbonyl (C=O) groups excluding carboxylic acids is 1. The number of carbonyl (C=O) groups is 1. The monoisotopic (exact) mass is 476 g/mol. The number of halogens is 1. The SMILES string of the molecule is O=C(c1ccc2nc(/C=C(\O)c3ccc(Cl)cc3)c(=O)[nH]c2c1)N1CCN(c2ccco2)CC1. The number of aliphatic hydroxyl groups is 1. The molecule has 0 aliphatic carbocycles. The minimum Gasteiger partial charge on any atom is -0.507 e. The minimum atomic E-state index is -0.468. The van der Waals surface area contributed by atoms with Crippen molar-refractivity contribution < 1.29 is 14.3 Å². The Bertz CT molecular complexity index is 1420. The van der Waals surface area contributed by atoms with Crippen molar-refractivity contribution in [2.24, 2.45) is 0 Å². The summed E-state index contributed by atoms with van der Waals surface area (Å²) in [6.45, 7) is 2.50. The van der Waals surface area contributed by atoms with Crippen molar-refractivity contribution >= 4 is 46.3 Å². The molecule has 0 radical (unpaired) electrons. The van der Waals surface area contributed by atoms with Crippen LogP contribution in [0.25, 0.3) is 22.9 Å². The van der Waals surface area contributed by atoms with Crippen LogP contribution < -0.4 is 10.5 Å². The van der Waals surface area contributed by atoms with Crippen LogP contribution in [0, 0.1) is 0 Å². The Morgan fingerprint density at radius 2 is 1.79 bits per heavy atom. The molecule has 34 heavy (non-hydrogen) atoms. The lowest BCUT2D eigenvalue weighted by Gasteiger charge is -2.34. The van der Waals surface area contributed by atoms with E-state index >= 15 is 0 Å². The Kier molecular flexibility index (Phi) is 5.81. The Hall–Kier alpha value is -4.04. The van der Waals surface area contributed by atoms with Crippen molar-refractivity contribution in [2.45, 2.75) is 0 Å². The molecular weight excluding hydrogens is 456 g/mol. The number of H-pyrrole nitrogens is 1. The van der Waals surface area contributed by atoms with Gasteiger partial charge in [0.25, 0.3) is 11.5 Å². The minimum absolute atomic E-state index is 0.0630. The maximum absolute atomic E-state index is 13.0. The van der Waals surface area contributed by atoms with Gasteiger partial charge in [-0.3, -0.25) is 9.59 Å². The second-order valence-corrected chi connectivity index (χ2v) is 8.39. The summed E-state index contributed by atoms with van der Waals surface area (Å²) in [5, 5.41) is 10.9. The van der Waals surface area contributed by atoms with E-state index in [4.69, 9.17) is 16.0 Å². The summed E-state index contributed by atoms with van der Waals surface area (Å²) in [6, 6.07) is 15.4. The molecule has 1 amide bonds. The Morgan fingerprint density at radius 1 is 1.06 bits per heavy atom. The van der Waals surface area contributed by atoms with E-state index in [0.29, 0.717) is 53.4 Å². The topological polar surface area (TPSA) is 103 Å². The van der Waals surface area contributed by atoms with Gasteiger partial charge in [-0.25, -0.2) is 4.98 Å². The fourth-order valence-electron chi connectivity index (χ4n) is 3.93. The molecule has 2 N–H and O–H groups in total. The molecule has 9 heteroatoms. The second-order valence-electron chi connectivity index (χ2n) is 7.95. The van der Waals surface area contributed by atoms with E-state index in [9.17, 15) is 14.7 Å². The summed E-state index contributed by atoms with van der Waals surface area (Å²) >= 11 is 5.88. The fourth-order valence-corrected chi connectivity index (χ4v) is 4.05. The molecule has 1 fully saturated rings. The molecule has 1 saturated heterocycles. The number of aromatic nitrogens is 2. The van der Waals surface area contributed by atoms with Crippen LogP contribution in [0.5, 0.6) is 0 Å². The predicted octanol–water partition coefficient (Wildman–Crippen LogP) is 4.19. The van der Waals surface area contributed by atoms with Gasteiger partial charge in [0.15, 0.2) is 5.88 Å². The maximum Gasteiger partial charge on any atom is 0.274 e. The van der Waals surface area contributed by atoms with Crippen molar-refractivity contribution in [1.82, 2.24) is 14.9 Å². The average molecular weight is 477 g/mol. The van der Waals surface area contributed by atoms with Crippen LogP contribution in [0.1, 0.15) is 21.6 Å². The largest absolute Gasteiger partial charge is 0.507 e. The summed E-state index contributed by atoms with van der Waals surface area (Å²) in [5.74, 6) is 0.592. The van der Waals surface area contributed by atoms with Gasteiger partial charge in [-0.1, -0.05) is 11.6 Å². The molecule has 0 atom stereocenters. The summed E-state index contributed by atoms with van der Waals surface area (Å²) < 4.78 is 5.43. The highest BCUT2D eigenvalue weighted by molar-refractivity contribution is 6.30. The lowest BCUT2D eigenvalue weighted by molar-refractivity contribution is 0.0745. The first-order valence-corrected chi connectivity index (χ1v) is 11.1. The number of amides is 1. The Morgan fingerprint density at radius 3 is 2.50 bits per heavy atom. The Balaban J connectivity index is 1.35. The molecule has 1 aliphatic rings. The third-order valence-corrected chi connectivity index (χ3v) is 6.02. The number of aliphatic hydroxyl groups excluding tert-OH is 1. The molecule has 0 spiro atoms. The molecule has 0 saturated carbocycles. The van der Waals surface area contributed by atoms with Gasteiger partial charge in [-0.15, -0.1) is 0 Å². The molecule has 2 aromatic carbocycles. The number of hydrogen-bond acceptors (Lipinski definition) is 6. The number of nitrogens with one attached hydrogen (secondary N) is 1. The molecule has 0 unspecified atom stereocenters. The van der Waals surface area contributed by atoms with Crippen molar-refractivity contribution in [3.05, 3.63) is 93.1 Å². The van der Waals surface area contributed by atoms with Crippen LogP contribution in [-0.2, 0) is 0 Å². The number of rotatable bonds is 4. The number of piperazine rings is 1. The predicted molar refractivity (Wildman–Crippen MR) is 131 cm³/mol. The van der Waals surface area contributed by atoms with E-state index in [1.807, 2.05) is 12.1 Å². The van der Waals surface area contributed by atoms with E-state index in [0.717, 1.165) is 5.88 Å². The first-order valence-electron chi connectivity index (χ1n) is 10.8. The van der Waals surface area contributed by atoms with E-state index in [1.54, 1.807) is 53.6 Å². The molecule has 5 rings (SSSR count). The van der Waals surface area contributed by atoms with Crippen LogP contribution in [0.15, 0.2) is 70.1 Å². The molecule has 172 valence electrons. The maximum atomic E-state index is 13.0. The number of anilines is 1. The molecule has 1 aliphatic heterocycles. The van der Waals surface area contributed by atoms with E-state index in [-0.39, 0.29) is 17.4 Å². The summed E-state index contributed by atoms with van der Waals surface area (Å²) in [7, 11) is 0. The molecule has 3 heterocycles. The average Bonchev–Trinajstić information content (AvgIpc) is 3.39. The van der Waals surface area contributed by atoms with Crippen molar-refractivity contribution in [1.29, 1.82) is 0 Å². The quantitative estimate of drug-likeness (QED) is 0.428. The van der Waals surface area contributed by atoms with E-state index in [2.05, 4.69) is 14.9 Å². The highest BCUT2D eigenvalue weighted by atomic mass is 35.5. The zero-order valence-electron chi connectivity index (χ0n) is 18.1. The lowest BCUT2D eigenvalue weighted by atomic mass is 10.1. The number of aromatic amines is 1. The van der Waals surface area contributed by atoms with Gasteiger partial charge in [-0.2, -0.15) is 0 Å². The van der Waals surface area contributed by atoms with Gasteiger partial charge in [0.1, 0.15) is 11.5 Å². The van der Waals surface area contributed by atoms with Crippen LogP contribution in [0.2, 0.25) is 5.02 Å². The normalized spacial score (nSPS) is 14.6. The van der Waals surface area contributed by atoms with E-state index < -0.39 is 5.56 Å². The number of nitrogens with zero attached hydrogens (tertiary/aromatic N) is 3. The van der Waals surface area contributed by atoms with Crippen LogP contribution in [-0.4, -0.2) is 52.1 Å². The highest BCUT2D eigenvalue weighted by Crippen LogP contribution is 2.20. The lowest BCUT2D eigenvalue weighted by Crippen LogP contribution is -2.48. The van der Waals surface area contributed by atoms with Crippen molar-refractivity contribution in [2.75, 3.05) is 31.1 Å². The molecule has 0 bridgehead atoms. The fraction of sp³-hybridized carbons (Fsp3) is 0.160. The van der Waals surface area contributed by atoms with Gasteiger partial charge in [0.05, 0.1) is 17.3 Å². The molecule has 8 nitrogen and oxygen atoms in total. The van der Waals surface area contributed by atoms with Gasteiger partial charge in [0.2, 0.25) is 0 Å². The van der Waals surface area contributed by atoms with Gasteiger partial charge in [-0.05, 0) is 48.5 Å². The van der Waals surface area contributed by atoms with Crippen LogP contribution in [0.3, 0.4) is 0 Å². The molecular formula is C25H21ClN4O4. The van der Waals surface area contributed by atoms with Gasteiger partial charge in [0, 0.05) is 54.5 Å². The summed E-state index contributed by atoms with van der Waals surface area (Å²) in [5.41, 5.74) is 1.54. The molecule has 2 aromatic heterocycles. The third-order valence-electron chi connectivity index (χ3n) is 5.76. The van der Waals surface area contributed by atoms with Crippen LogP contribution >= 0.6 is 11.6 Å². The summed E-state index contributed by atoms with van der Waals surface area (Å²) in [6.07, 6.45) is 2.94. The van der Waals surface area contributed by atoms with E-state index in [1.165, 1.54) is 6.08 Å². The summed E-state index contributed by atoms with van der Waals surface area (Å²) in [4.78, 5) is 36.6. The molecule has 4 aromatic rings. The number of fused-ring (bicyclic) bond motifs is 1. The Labute approximate surface area is 199 Å². The highest BCUT2D eigenvalue weighted by Gasteiger charge is 2.23. The first kappa shape index (κ1) is 21.8. The number of benzene rings is 2. The number of furan rings is 1. The smallest absolute Gasteiger partial charge is 0.274 e. The van der Waals surface area contributed by atoms with Gasteiger partial charge < -0.3 is 24.3 Å². The zero-order chi connectivity index (χ0) is 23.7. The third kappa shape index (κ3) is 4.40. The van der Waals surface area contributed by atoms with Gasteiger partial charge >= 0.3 is 0 Å². The van der Waals surface area contributed by atoms with Crippen LogP contribution in [0.4, 0.5) is 5.88 Å². The number of hydrogen-bond donors (Lipinski definition) is 2. The van der Waals surface area contributed by atoms with Crippen molar-refractivity contribution in [3.63, 3.8) is 0 Å². The first-order chi connectivity index (χ1) is 16.5. The van der Waals surface area contributed by atoms with Crippen molar-refractivity contribution in [3.8, 4) is 0 Å². The standard InChI is InChI=1S/C25H21ClN4O4/c26-18-6-3-16(4-7-18)22(31)15-21-24(32)28-20-14-17(5-8-19(20)27-21)25(33)30-11-9-29(10-12-30)23-2-1-13-34-23/h1-8,13-15,31H,9-12H2,(H,28,32)/b22-15-. The zero-order valence-corrected chi connectivity index (χ0v) is 18.8.